The summed E-state index contributed by atoms with van der Waals surface area (Å²) in [5.41, 5.74) is 0. The summed E-state index contributed by atoms with van der Waals surface area (Å²) in [6, 6.07) is 0.332. The number of nitrogens with zero attached hydrogens (tertiary/aromatic N) is 1. The lowest BCUT2D eigenvalue weighted by atomic mass is 9.88. The molecule has 1 saturated carbocycles. The van der Waals surface area contributed by atoms with E-state index in [9.17, 15) is 4.79 Å². The summed E-state index contributed by atoms with van der Waals surface area (Å²) in [5.74, 6) is 0. The number of amides is 2. The number of carbonyl (C=O) groups excluding carboxylic acids is 1. The number of hydrogen-bond donors (Lipinski definition) is 2. The van der Waals surface area contributed by atoms with Crippen molar-refractivity contribution in [1.29, 1.82) is 0 Å². The molecule has 0 aromatic heterocycles. The van der Waals surface area contributed by atoms with Crippen LogP contribution >= 0.6 is 0 Å². The minimum atomic E-state index is -0.176. The fourth-order valence-electron chi connectivity index (χ4n) is 1.81. The van der Waals surface area contributed by atoms with E-state index in [1.807, 2.05) is 4.90 Å². The van der Waals surface area contributed by atoms with Crippen LogP contribution in [-0.2, 0) is 0 Å². The van der Waals surface area contributed by atoms with Gasteiger partial charge < -0.3 is 15.3 Å². The zero-order valence-electron chi connectivity index (χ0n) is 6.99. The highest BCUT2D eigenvalue weighted by atomic mass is 16.3. The second-order valence-corrected chi connectivity index (χ2v) is 3.56. The molecule has 2 amide bonds. The number of carbonyl (C=O) groups is 1. The van der Waals surface area contributed by atoms with Crippen LogP contribution in [0.1, 0.15) is 19.3 Å². The van der Waals surface area contributed by atoms with Crippen molar-refractivity contribution >= 4 is 6.03 Å². The molecule has 0 aromatic rings. The maximum Gasteiger partial charge on any atom is 0.317 e. The van der Waals surface area contributed by atoms with Crippen molar-refractivity contribution in [1.82, 2.24) is 10.2 Å². The fraction of sp³-hybridized carbons (Fsp3) is 0.875. The van der Waals surface area contributed by atoms with Crippen molar-refractivity contribution in [2.24, 2.45) is 0 Å². The molecule has 2 N–H and O–H groups in total. The normalized spacial score (nSPS) is 35.8. The van der Waals surface area contributed by atoms with Gasteiger partial charge in [-0.25, -0.2) is 4.79 Å². The Labute approximate surface area is 71.5 Å². The van der Waals surface area contributed by atoms with Gasteiger partial charge in [-0.15, -0.1) is 0 Å². The minimum absolute atomic E-state index is 0.0400. The first-order valence-electron chi connectivity index (χ1n) is 4.50. The lowest BCUT2D eigenvalue weighted by Crippen LogP contribution is -2.56. The number of hydrogen-bond acceptors (Lipinski definition) is 2. The lowest BCUT2D eigenvalue weighted by Gasteiger charge is -2.42. The van der Waals surface area contributed by atoms with E-state index in [1.54, 1.807) is 0 Å². The molecule has 1 saturated heterocycles. The maximum absolute atomic E-state index is 11.3. The van der Waals surface area contributed by atoms with E-state index in [-0.39, 0.29) is 12.1 Å². The van der Waals surface area contributed by atoms with Crippen molar-refractivity contribution in [2.45, 2.75) is 31.4 Å². The second-order valence-electron chi connectivity index (χ2n) is 3.56. The number of aliphatic hydroxyl groups is 1. The van der Waals surface area contributed by atoms with Gasteiger partial charge in [0, 0.05) is 19.1 Å². The van der Waals surface area contributed by atoms with E-state index < -0.39 is 0 Å². The Morgan fingerprint density at radius 3 is 2.83 bits per heavy atom. The van der Waals surface area contributed by atoms with Crippen LogP contribution in [0.25, 0.3) is 0 Å². The van der Waals surface area contributed by atoms with Crippen molar-refractivity contribution in [2.75, 3.05) is 13.1 Å². The predicted octanol–water partition coefficient (Wildman–Crippen LogP) is -0.0750. The van der Waals surface area contributed by atoms with Crippen molar-refractivity contribution in [3.63, 3.8) is 0 Å². The molecule has 0 aromatic carbocycles. The van der Waals surface area contributed by atoms with Crippen LogP contribution in [0.15, 0.2) is 0 Å². The topological polar surface area (TPSA) is 52.6 Å². The molecular weight excluding hydrogens is 156 g/mol. The van der Waals surface area contributed by atoms with Gasteiger partial charge in [-0.1, -0.05) is 0 Å². The monoisotopic (exact) mass is 170 g/mol. The molecule has 0 radical (unpaired) electrons. The SMILES string of the molecule is O=C1NCCCN1[C@H]1C[C@H](O)C1. The summed E-state index contributed by atoms with van der Waals surface area (Å²) in [7, 11) is 0. The molecule has 1 aliphatic carbocycles. The maximum atomic E-state index is 11.3. The highest BCUT2D eigenvalue weighted by Gasteiger charge is 2.35. The number of nitrogens with one attached hydrogen (secondary N) is 1. The number of urea groups is 1. The molecule has 2 aliphatic rings. The Kier molecular flexibility index (Phi) is 1.92. The summed E-state index contributed by atoms with van der Waals surface area (Å²) in [6.45, 7) is 1.65. The molecule has 12 heavy (non-hydrogen) atoms. The van der Waals surface area contributed by atoms with Gasteiger partial charge in [-0.2, -0.15) is 0 Å². The number of rotatable bonds is 1. The molecule has 0 spiro atoms. The largest absolute Gasteiger partial charge is 0.393 e. The van der Waals surface area contributed by atoms with Gasteiger partial charge in [0.2, 0.25) is 0 Å². The zero-order chi connectivity index (χ0) is 8.55. The van der Waals surface area contributed by atoms with Crippen molar-refractivity contribution < 1.29 is 9.90 Å². The van der Waals surface area contributed by atoms with E-state index in [0.29, 0.717) is 6.04 Å². The Morgan fingerprint density at radius 1 is 1.50 bits per heavy atom. The van der Waals surface area contributed by atoms with Gasteiger partial charge in [-0.3, -0.25) is 0 Å². The molecular formula is C8H14N2O2. The van der Waals surface area contributed by atoms with Gasteiger partial charge in [0.1, 0.15) is 0 Å². The molecule has 0 atom stereocenters. The first kappa shape index (κ1) is 7.86. The van der Waals surface area contributed by atoms with Gasteiger partial charge in [0.15, 0.2) is 0 Å². The highest BCUT2D eigenvalue weighted by molar-refractivity contribution is 5.75. The molecule has 1 aliphatic heterocycles. The van der Waals surface area contributed by atoms with Gasteiger partial charge >= 0.3 is 6.03 Å². The van der Waals surface area contributed by atoms with Crippen LogP contribution in [0, 0.1) is 0 Å². The summed E-state index contributed by atoms with van der Waals surface area (Å²) in [5, 5.41) is 11.9. The Bertz CT molecular complexity index is 189. The van der Waals surface area contributed by atoms with Crippen molar-refractivity contribution in [3.8, 4) is 0 Å². The Hall–Kier alpha value is -0.770. The van der Waals surface area contributed by atoms with Crippen LogP contribution in [-0.4, -0.2) is 41.3 Å². The molecule has 0 bridgehead atoms. The summed E-state index contributed by atoms with van der Waals surface area (Å²) < 4.78 is 0. The summed E-state index contributed by atoms with van der Waals surface area (Å²) >= 11 is 0. The van der Waals surface area contributed by atoms with Crippen LogP contribution < -0.4 is 5.32 Å². The van der Waals surface area contributed by atoms with E-state index in [1.165, 1.54) is 0 Å². The van der Waals surface area contributed by atoms with E-state index in [0.717, 1.165) is 32.4 Å². The third-order valence-electron chi connectivity index (χ3n) is 2.64. The molecule has 2 fully saturated rings. The van der Waals surface area contributed by atoms with E-state index in [4.69, 9.17) is 5.11 Å². The standard InChI is InChI=1S/C8H14N2O2/c11-7-4-6(5-7)10-3-1-2-9-8(10)12/h6-7,11H,1-5H2,(H,9,12)/t6-,7-. The molecule has 2 rings (SSSR count). The van der Waals surface area contributed by atoms with Crippen molar-refractivity contribution in [3.05, 3.63) is 0 Å². The van der Waals surface area contributed by atoms with Gasteiger partial charge in [0.25, 0.3) is 0 Å². The van der Waals surface area contributed by atoms with Crippen LogP contribution in [0.4, 0.5) is 4.79 Å². The molecule has 68 valence electrons. The fourth-order valence-corrected chi connectivity index (χ4v) is 1.81. The summed E-state index contributed by atoms with van der Waals surface area (Å²) in [6.07, 6.45) is 2.36. The molecule has 4 nitrogen and oxygen atoms in total. The predicted molar refractivity (Wildman–Crippen MR) is 43.8 cm³/mol. The molecule has 0 unspecified atom stereocenters. The van der Waals surface area contributed by atoms with Gasteiger partial charge in [0.05, 0.1) is 6.10 Å². The Morgan fingerprint density at radius 2 is 2.25 bits per heavy atom. The quantitative estimate of drug-likeness (QED) is 0.578. The molecule has 4 heteroatoms. The third kappa shape index (κ3) is 1.27. The lowest BCUT2D eigenvalue weighted by molar-refractivity contribution is 0.0140. The minimum Gasteiger partial charge on any atom is -0.393 e. The van der Waals surface area contributed by atoms with Gasteiger partial charge in [-0.05, 0) is 19.3 Å². The first-order valence-corrected chi connectivity index (χ1v) is 4.50. The first-order chi connectivity index (χ1) is 5.77. The number of aliphatic hydroxyl groups excluding tert-OH is 1. The van der Waals surface area contributed by atoms with Crippen LogP contribution in [0.5, 0.6) is 0 Å². The Balaban J connectivity index is 1.89. The average molecular weight is 170 g/mol. The second kappa shape index (κ2) is 2.94. The summed E-state index contributed by atoms with van der Waals surface area (Å²) in [4.78, 5) is 13.1. The third-order valence-corrected chi connectivity index (χ3v) is 2.64. The highest BCUT2D eigenvalue weighted by Crippen LogP contribution is 2.26. The van der Waals surface area contributed by atoms with Crippen LogP contribution in [0.3, 0.4) is 0 Å². The van der Waals surface area contributed by atoms with E-state index >= 15 is 0 Å². The van der Waals surface area contributed by atoms with Crippen LogP contribution in [0.2, 0.25) is 0 Å². The average Bonchev–Trinajstić information content (AvgIpc) is 2.01. The smallest absolute Gasteiger partial charge is 0.317 e. The molecule has 1 heterocycles. The zero-order valence-corrected chi connectivity index (χ0v) is 6.99. The van der Waals surface area contributed by atoms with E-state index in [2.05, 4.69) is 5.32 Å².